The van der Waals surface area contributed by atoms with E-state index in [-0.39, 0.29) is 11.6 Å². The Morgan fingerprint density at radius 3 is 1.75 bits per heavy atom. The van der Waals surface area contributed by atoms with E-state index in [0.29, 0.717) is 20.4 Å². The molecule has 0 aliphatic rings. The van der Waals surface area contributed by atoms with Crippen LogP contribution in [0.15, 0.2) is 94.1 Å². The number of nitrogens with two attached hydrogens (primary N) is 1. The van der Waals surface area contributed by atoms with Gasteiger partial charge in [0, 0.05) is 32.9 Å². The lowest BCUT2D eigenvalue weighted by atomic mass is 10.3. The van der Waals surface area contributed by atoms with Gasteiger partial charge >= 0.3 is 11.5 Å². The maximum Gasteiger partial charge on any atom is 0.418 e. The summed E-state index contributed by atoms with van der Waals surface area (Å²) in [4.78, 5) is 36.9. The van der Waals surface area contributed by atoms with Crippen molar-refractivity contribution in [3.63, 3.8) is 0 Å². The van der Waals surface area contributed by atoms with Crippen LogP contribution in [0.5, 0.6) is 11.5 Å². The quantitative estimate of drug-likeness (QED) is 0.226. The molecule has 40 heavy (non-hydrogen) atoms. The highest BCUT2D eigenvalue weighted by Gasteiger charge is 2.10. The van der Waals surface area contributed by atoms with Crippen LogP contribution in [0.1, 0.15) is 1.43 Å². The smallest absolute Gasteiger partial charge is 0.415 e. The van der Waals surface area contributed by atoms with E-state index < -0.39 is 23.2 Å². The van der Waals surface area contributed by atoms with Gasteiger partial charge in [-0.1, -0.05) is 36.4 Å². The van der Waals surface area contributed by atoms with Crippen molar-refractivity contribution in [2.24, 2.45) is 0 Å². The minimum atomic E-state index is -0.814. The van der Waals surface area contributed by atoms with Crippen LogP contribution in [0.25, 0.3) is 0 Å². The van der Waals surface area contributed by atoms with E-state index >= 15 is 0 Å². The van der Waals surface area contributed by atoms with Crippen LogP contribution in [0.4, 0.5) is 30.0 Å². The lowest BCUT2D eigenvalue weighted by Gasteiger charge is -2.06. The number of hydrogen-bond donors (Lipinski definition) is 2. The first-order chi connectivity index (χ1) is 19.6. The SMILES string of the molecule is C=O.Nc1ncc(Br)cc1F.O=C(Cl)Oc1ccccc1.O=C(Nc1ncc(Br)cc1F)Oc1ccccc1.[2H]O. The molecule has 0 saturated carbocycles. The average Bonchev–Trinajstić information content (AvgIpc) is 2.96. The fraction of sp³-hybridized carbons (Fsp3) is 0. The zero-order valence-corrected chi connectivity index (χ0v) is 24.1. The van der Waals surface area contributed by atoms with Crippen LogP contribution in [0, 0.1) is 11.6 Å². The number of anilines is 2. The highest BCUT2D eigenvalue weighted by Crippen LogP contribution is 2.17. The molecule has 0 bridgehead atoms. The summed E-state index contributed by atoms with van der Waals surface area (Å²) in [6.45, 7) is 2.00. The van der Waals surface area contributed by atoms with Crippen LogP contribution in [0.2, 0.25) is 0 Å². The molecule has 4 aromatic rings. The second-order valence-corrected chi connectivity index (χ2v) is 8.62. The summed E-state index contributed by atoms with van der Waals surface area (Å²) in [6, 6.07) is 19.6. The number of benzene rings is 2. The molecule has 2 heterocycles. The molecule has 5 N–H and O–H groups in total. The number of nitrogens with zero attached hydrogens (tertiary/aromatic N) is 2. The number of amides is 1. The van der Waals surface area contributed by atoms with Crippen LogP contribution in [-0.2, 0) is 4.79 Å². The Morgan fingerprint density at radius 2 is 1.32 bits per heavy atom. The third-order valence-corrected chi connectivity index (χ3v) is 4.70. The van der Waals surface area contributed by atoms with Gasteiger partial charge in [0.1, 0.15) is 18.3 Å². The molecule has 0 aliphatic heterocycles. The van der Waals surface area contributed by atoms with Crippen molar-refractivity contribution in [2.45, 2.75) is 0 Å². The summed E-state index contributed by atoms with van der Waals surface area (Å²) in [7, 11) is 0. The number of para-hydroxylation sites is 2. The minimum absolute atomic E-state index is 0.0711. The number of pyridine rings is 2. The minimum Gasteiger partial charge on any atom is -0.415 e. The second-order valence-electron chi connectivity index (χ2n) is 6.48. The van der Waals surface area contributed by atoms with Gasteiger partial charge in [0.05, 0.1) is 0 Å². The first-order valence-corrected chi connectivity index (χ1v) is 12.2. The number of rotatable bonds is 3. The Bertz CT molecular complexity index is 1350. The topological polar surface area (TPSA) is 165 Å². The van der Waals surface area contributed by atoms with E-state index in [2.05, 4.69) is 51.9 Å². The number of ether oxygens (including phenoxy) is 2. The zero-order chi connectivity index (χ0) is 31.2. The van der Waals surface area contributed by atoms with Crippen molar-refractivity contribution in [3.05, 3.63) is 106 Å². The Morgan fingerprint density at radius 1 is 0.875 bits per heavy atom. The number of hydrogen-bond acceptors (Lipinski definition) is 8. The molecule has 15 heteroatoms. The number of carbonyl (C=O) groups is 3. The molecule has 4 rings (SSSR count). The summed E-state index contributed by atoms with van der Waals surface area (Å²) in [5.74, 6) is -0.564. The Balaban J connectivity index is 0.000000592. The monoisotopic (exact) mass is 705 g/mol. The molecular formula is C25H21Br2ClF2N4O6. The fourth-order valence-electron chi connectivity index (χ4n) is 2.23. The molecule has 0 aliphatic carbocycles. The van der Waals surface area contributed by atoms with Gasteiger partial charge in [-0.15, -0.1) is 0 Å². The molecule has 0 atom stereocenters. The van der Waals surface area contributed by atoms with Gasteiger partial charge in [0.15, 0.2) is 23.3 Å². The molecule has 0 fully saturated rings. The molecular weight excluding hydrogens is 686 g/mol. The van der Waals surface area contributed by atoms with Crippen molar-refractivity contribution in [1.82, 2.24) is 9.97 Å². The Labute approximate surface area is 250 Å². The number of halogens is 5. The van der Waals surface area contributed by atoms with Gasteiger partial charge in [0.25, 0.3) is 0 Å². The largest absolute Gasteiger partial charge is 0.418 e. The molecule has 0 unspecified atom stereocenters. The van der Waals surface area contributed by atoms with E-state index in [1.165, 1.54) is 24.5 Å². The summed E-state index contributed by atoms with van der Waals surface area (Å²) in [5.41, 5.74) is 10.5. The van der Waals surface area contributed by atoms with Gasteiger partial charge in [-0.2, -0.15) is 0 Å². The summed E-state index contributed by atoms with van der Waals surface area (Å²) < 4.78 is 41.1. The van der Waals surface area contributed by atoms with Crippen LogP contribution in [-0.4, -0.2) is 33.8 Å². The summed E-state index contributed by atoms with van der Waals surface area (Å²) in [6.07, 6.45) is 2.02. The summed E-state index contributed by atoms with van der Waals surface area (Å²) >= 11 is 11.1. The standard InChI is InChI=1S/C12H8BrFN2O2.C7H5ClO2.C5H4BrFN2.CH2O.H2O/c13-8-6-10(14)11(15-7-8)16-12(17)18-9-4-2-1-3-5-9;8-7(9)10-6-4-2-1-3-5-6;6-3-1-4(7)5(8)9-2-3;1-2;/h1-7H,(H,15,16,17);1-5H;1-2H,(H2,8,9);1H2;1H2/i/hD. The average molecular weight is 708 g/mol. The van der Waals surface area contributed by atoms with E-state index in [1.807, 2.05) is 12.9 Å². The molecule has 212 valence electrons. The third-order valence-electron chi connectivity index (χ3n) is 3.76. The van der Waals surface area contributed by atoms with Gasteiger partial charge in [-0.05, 0) is 68.3 Å². The van der Waals surface area contributed by atoms with Crippen molar-refractivity contribution in [2.75, 3.05) is 11.1 Å². The normalized spacial score (nSPS) is 9.10. The van der Waals surface area contributed by atoms with E-state index in [1.54, 1.807) is 54.6 Å². The fourth-order valence-corrected chi connectivity index (χ4v) is 2.93. The highest BCUT2D eigenvalue weighted by atomic mass is 79.9. The first-order valence-electron chi connectivity index (χ1n) is 10.7. The number of aromatic nitrogens is 2. The third kappa shape index (κ3) is 14.8. The molecule has 0 spiro atoms. The van der Waals surface area contributed by atoms with E-state index in [0.717, 1.165) is 0 Å². The molecule has 0 radical (unpaired) electrons. The molecule has 2 aromatic carbocycles. The molecule has 10 nitrogen and oxygen atoms in total. The van der Waals surface area contributed by atoms with E-state index in [9.17, 15) is 18.4 Å². The number of nitrogens with one attached hydrogen (secondary N) is 1. The van der Waals surface area contributed by atoms with Crippen molar-refractivity contribution in [3.8, 4) is 11.5 Å². The Hall–Kier alpha value is -3.98. The zero-order valence-electron chi connectivity index (χ0n) is 21.1. The first kappa shape index (κ1) is 34.0. The number of carbonyl (C=O) groups excluding carboxylic acids is 3. The lowest BCUT2D eigenvalue weighted by molar-refractivity contribution is -0.0980. The maximum absolute atomic E-state index is 13.4. The highest BCUT2D eigenvalue weighted by molar-refractivity contribution is 9.10. The van der Waals surface area contributed by atoms with Crippen LogP contribution < -0.4 is 20.5 Å². The predicted octanol–water partition coefficient (Wildman–Crippen LogP) is 6.57. The van der Waals surface area contributed by atoms with Crippen LogP contribution in [0.3, 0.4) is 0 Å². The summed E-state index contributed by atoms with van der Waals surface area (Å²) in [5, 5.41) is 2.22. The van der Waals surface area contributed by atoms with Crippen molar-refractivity contribution < 1.29 is 39.5 Å². The lowest BCUT2D eigenvalue weighted by Crippen LogP contribution is -2.18. The maximum atomic E-state index is 13.4. The van der Waals surface area contributed by atoms with Crippen LogP contribution >= 0.6 is 43.5 Å². The number of nitrogen functional groups attached to an aromatic ring is 1. The predicted molar refractivity (Wildman–Crippen MR) is 153 cm³/mol. The Kier molecular flexibility index (Phi) is 17.0. The van der Waals surface area contributed by atoms with Gasteiger partial charge in [-0.3, -0.25) is 5.32 Å². The van der Waals surface area contributed by atoms with Gasteiger partial charge < -0.3 is 25.5 Å². The second kappa shape index (κ2) is 20.0. The van der Waals surface area contributed by atoms with Crippen molar-refractivity contribution in [1.29, 1.82) is 0 Å². The van der Waals surface area contributed by atoms with Gasteiger partial charge in [-0.25, -0.2) is 28.3 Å². The molecule has 1 amide bonds. The van der Waals surface area contributed by atoms with Gasteiger partial charge in [0.2, 0.25) is 1.43 Å². The van der Waals surface area contributed by atoms with E-state index in [4.69, 9.17) is 33.8 Å². The molecule has 2 aromatic heterocycles. The molecule has 0 saturated heterocycles. The van der Waals surface area contributed by atoms with Crippen molar-refractivity contribution >= 4 is 73.4 Å².